The molecule has 0 amide bonds. The Morgan fingerprint density at radius 3 is 2.65 bits per heavy atom. The van der Waals surface area contributed by atoms with Crippen molar-refractivity contribution in [2.45, 2.75) is 6.54 Å². The fraction of sp³-hybridized carbons (Fsp3) is 0.200. The summed E-state index contributed by atoms with van der Waals surface area (Å²) in [6.07, 6.45) is 1.40. The van der Waals surface area contributed by atoms with E-state index < -0.39 is 5.76 Å². The summed E-state index contributed by atoms with van der Waals surface area (Å²) >= 11 is 6.34. The van der Waals surface area contributed by atoms with Crippen LogP contribution in [0.3, 0.4) is 0 Å². The molecule has 0 radical (unpaired) electrons. The van der Waals surface area contributed by atoms with E-state index >= 15 is 0 Å². The van der Waals surface area contributed by atoms with Crippen molar-refractivity contribution >= 4 is 11.6 Å². The van der Waals surface area contributed by atoms with Crippen molar-refractivity contribution in [3.05, 3.63) is 51.7 Å². The van der Waals surface area contributed by atoms with E-state index in [0.29, 0.717) is 16.4 Å². The van der Waals surface area contributed by atoms with E-state index in [0.717, 1.165) is 17.7 Å². The van der Waals surface area contributed by atoms with E-state index in [4.69, 9.17) is 11.6 Å². The number of H-pyrrole nitrogens is 1. The van der Waals surface area contributed by atoms with Crippen molar-refractivity contribution < 1.29 is 4.52 Å². The first kappa shape index (κ1) is 15.4. The van der Waals surface area contributed by atoms with Gasteiger partial charge in [0, 0.05) is 17.1 Å². The van der Waals surface area contributed by atoms with Crippen LogP contribution in [-0.4, -0.2) is 39.1 Å². The maximum Gasteiger partial charge on any atom is 0.439 e. The van der Waals surface area contributed by atoms with Gasteiger partial charge >= 0.3 is 5.76 Å². The van der Waals surface area contributed by atoms with Crippen LogP contribution in [0.5, 0.6) is 0 Å². The third-order valence-corrected chi connectivity index (χ3v) is 3.54. The van der Waals surface area contributed by atoms with Gasteiger partial charge in [-0.05, 0) is 31.8 Å². The summed E-state index contributed by atoms with van der Waals surface area (Å²) in [7, 11) is 3.97. The average Bonchev–Trinajstić information content (AvgIpc) is 2.96. The van der Waals surface area contributed by atoms with E-state index in [1.165, 1.54) is 6.33 Å². The maximum atomic E-state index is 11.0. The van der Waals surface area contributed by atoms with Crippen molar-refractivity contribution in [3.8, 4) is 22.8 Å². The topological polar surface area (TPSA) is 87.9 Å². The predicted octanol–water partition coefficient (Wildman–Crippen LogP) is 2.20. The summed E-state index contributed by atoms with van der Waals surface area (Å²) in [5.41, 5.74) is 3.04. The molecule has 0 atom stereocenters. The number of nitrogens with one attached hydrogen (secondary N) is 1. The minimum absolute atomic E-state index is 0.258. The van der Waals surface area contributed by atoms with Crippen LogP contribution in [0.15, 0.2) is 39.9 Å². The molecular weight excluding hydrogens is 318 g/mol. The van der Waals surface area contributed by atoms with Gasteiger partial charge in [-0.3, -0.25) is 9.51 Å². The van der Waals surface area contributed by atoms with Crippen LogP contribution in [0.1, 0.15) is 5.56 Å². The Morgan fingerprint density at radius 2 is 2.00 bits per heavy atom. The number of aromatic amines is 1. The zero-order valence-electron chi connectivity index (χ0n) is 12.6. The van der Waals surface area contributed by atoms with Crippen molar-refractivity contribution in [1.82, 2.24) is 25.0 Å². The first-order valence-electron chi connectivity index (χ1n) is 6.85. The zero-order chi connectivity index (χ0) is 16.4. The van der Waals surface area contributed by atoms with E-state index in [2.05, 4.69) is 24.6 Å². The molecule has 2 aromatic heterocycles. The van der Waals surface area contributed by atoms with E-state index in [-0.39, 0.29) is 5.82 Å². The summed E-state index contributed by atoms with van der Waals surface area (Å²) in [5, 5.41) is 4.29. The average molecular weight is 332 g/mol. The SMILES string of the molecule is CN(C)Cc1ccc(-c2cc(-c3noc(=O)[nH]3)ncn2)cc1Cl. The van der Waals surface area contributed by atoms with Gasteiger partial charge in [-0.25, -0.2) is 14.8 Å². The molecule has 0 saturated heterocycles. The molecule has 1 aromatic carbocycles. The third-order valence-electron chi connectivity index (χ3n) is 3.19. The van der Waals surface area contributed by atoms with Crippen LogP contribution < -0.4 is 5.76 Å². The zero-order valence-corrected chi connectivity index (χ0v) is 13.3. The fourth-order valence-electron chi connectivity index (χ4n) is 2.16. The minimum atomic E-state index is -0.628. The molecule has 0 fully saturated rings. The summed E-state index contributed by atoms with van der Waals surface area (Å²) in [4.78, 5) is 23.9. The lowest BCUT2D eigenvalue weighted by molar-refractivity contribution is 0.387. The lowest BCUT2D eigenvalue weighted by Gasteiger charge is -2.12. The molecule has 2 heterocycles. The summed E-state index contributed by atoms with van der Waals surface area (Å²) in [5.74, 6) is -0.370. The monoisotopic (exact) mass is 331 g/mol. The smallest absolute Gasteiger partial charge is 0.305 e. The molecule has 118 valence electrons. The highest BCUT2D eigenvalue weighted by Crippen LogP contribution is 2.26. The van der Waals surface area contributed by atoms with Crippen molar-refractivity contribution in [2.75, 3.05) is 14.1 Å². The number of halogens is 1. The Balaban J connectivity index is 1.96. The number of aromatic nitrogens is 4. The molecule has 8 heteroatoms. The molecule has 0 bridgehead atoms. The quantitative estimate of drug-likeness (QED) is 0.788. The molecule has 0 spiro atoms. The molecule has 23 heavy (non-hydrogen) atoms. The summed E-state index contributed by atoms with van der Waals surface area (Å²) in [6.45, 7) is 0.758. The minimum Gasteiger partial charge on any atom is -0.305 e. The lowest BCUT2D eigenvalue weighted by Crippen LogP contribution is -2.10. The van der Waals surface area contributed by atoms with Crippen LogP contribution >= 0.6 is 11.6 Å². The highest BCUT2D eigenvalue weighted by Gasteiger charge is 2.10. The van der Waals surface area contributed by atoms with E-state index in [1.807, 2.05) is 37.2 Å². The second-order valence-electron chi connectivity index (χ2n) is 5.28. The van der Waals surface area contributed by atoms with Gasteiger partial charge in [-0.2, -0.15) is 0 Å². The first-order valence-corrected chi connectivity index (χ1v) is 7.22. The Kier molecular flexibility index (Phi) is 4.22. The molecule has 0 aliphatic rings. The summed E-state index contributed by atoms with van der Waals surface area (Å²) < 4.78 is 4.49. The molecule has 0 aliphatic carbocycles. The van der Waals surface area contributed by atoms with Gasteiger partial charge in [0.2, 0.25) is 5.82 Å². The Labute approximate surface area is 136 Å². The van der Waals surface area contributed by atoms with Crippen molar-refractivity contribution in [2.24, 2.45) is 0 Å². The highest BCUT2D eigenvalue weighted by atomic mass is 35.5. The molecule has 3 aromatic rings. The van der Waals surface area contributed by atoms with Gasteiger partial charge in [0.25, 0.3) is 0 Å². The molecule has 0 aliphatic heterocycles. The number of benzene rings is 1. The Hall–Kier alpha value is -2.51. The molecular formula is C15H14ClN5O2. The third kappa shape index (κ3) is 3.46. The second kappa shape index (κ2) is 6.31. The Morgan fingerprint density at radius 1 is 1.22 bits per heavy atom. The normalized spacial score (nSPS) is 11.1. The standard InChI is InChI=1S/C15H14ClN5O2/c1-21(2)7-10-4-3-9(5-11(10)16)12-6-13(18-8-17-12)14-19-15(22)23-20-14/h3-6,8H,7H2,1-2H3,(H,19,20,22). The second-order valence-corrected chi connectivity index (χ2v) is 5.68. The van der Waals surface area contributed by atoms with Crippen LogP contribution in [0.25, 0.3) is 22.8 Å². The predicted molar refractivity (Wildman–Crippen MR) is 86.0 cm³/mol. The van der Waals surface area contributed by atoms with E-state index in [9.17, 15) is 4.79 Å². The molecule has 0 unspecified atom stereocenters. The number of nitrogens with zero attached hydrogens (tertiary/aromatic N) is 4. The molecule has 7 nitrogen and oxygen atoms in total. The van der Waals surface area contributed by atoms with Gasteiger partial charge in [-0.15, -0.1) is 0 Å². The molecule has 1 N–H and O–H groups in total. The van der Waals surface area contributed by atoms with Gasteiger partial charge in [0.15, 0.2) is 0 Å². The van der Waals surface area contributed by atoms with Gasteiger partial charge < -0.3 is 4.90 Å². The number of hydrogen-bond donors (Lipinski definition) is 1. The lowest BCUT2D eigenvalue weighted by atomic mass is 10.1. The number of rotatable bonds is 4. The first-order chi connectivity index (χ1) is 11.0. The van der Waals surface area contributed by atoms with Crippen molar-refractivity contribution in [3.63, 3.8) is 0 Å². The Bertz CT molecular complexity index is 887. The van der Waals surface area contributed by atoms with Crippen LogP contribution in [-0.2, 0) is 6.54 Å². The summed E-state index contributed by atoms with van der Waals surface area (Å²) in [6, 6.07) is 7.49. The van der Waals surface area contributed by atoms with Gasteiger partial charge in [-0.1, -0.05) is 28.9 Å². The van der Waals surface area contributed by atoms with Crippen LogP contribution in [0, 0.1) is 0 Å². The fourth-order valence-corrected chi connectivity index (χ4v) is 2.40. The van der Waals surface area contributed by atoms with Crippen LogP contribution in [0.4, 0.5) is 0 Å². The highest BCUT2D eigenvalue weighted by molar-refractivity contribution is 6.31. The van der Waals surface area contributed by atoms with Crippen molar-refractivity contribution in [1.29, 1.82) is 0 Å². The van der Waals surface area contributed by atoms with E-state index in [1.54, 1.807) is 6.07 Å². The number of hydrogen-bond acceptors (Lipinski definition) is 6. The van der Waals surface area contributed by atoms with Gasteiger partial charge in [0.05, 0.1) is 5.69 Å². The molecule has 3 rings (SSSR count). The van der Waals surface area contributed by atoms with Gasteiger partial charge in [0.1, 0.15) is 12.0 Å². The maximum absolute atomic E-state index is 11.0. The van der Waals surface area contributed by atoms with Crippen LogP contribution in [0.2, 0.25) is 5.02 Å². The largest absolute Gasteiger partial charge is 0.439 e. The molecule has 0 saturated carbocycles.